The van der Waals surface area contributed by atoms with Crippen LogP contribution < -0.4 is 15.8 Å². The van der Waals surface area contributed by atoms with Crippen LogP contribution in [-0.4, -0.2) is 11.6 Å². The van der Waals surface area contributed by atoms with Gasteiger partial charge < -0.3 is 15.8 Å². The molecular formula is C13H12F2IN3O. The van der Waals surface area contributed by atoms with Gasteiger partial charge in [0.05, 0.1) is 5.69 Å². The van der Waals surface area contributed by atoms with Crippen molar-refractivity contribution in [3.05, 3.63) is 45.7 Å². The molecule has 7 heteroatoms. The molecule has 3 N–H and O–H groups in total. The van der Waals surface area contributed by atoms with E-state index in [9.17, 15) is 8.78 Å². The Kier molecular flexibility index (Phi) is 4.94. The molecule has 20 heavy (non-hydrogen) atoms. The predicted octanol–water partition coefficient (Wildman–Crippen LogP) is 3.48. The van der Waals surface area contributed by atoms with Crippen molar-refractivity contribution in [2.45, 2.75) is 13.2 Å². The topological polar surface area (TPSA) is 60.2 Å². The van der Waals surface area contributed by atoms with Crippen molar-refractivity contribution in [1.29, 1.82) is 0 Å². The maximum Gasteiger partial charge on any atom is 0.387 e. The van der Waals surface area contributed by atoms with Crippen LogP contribution in [0, 0.1) is 3.57 Å². The molecule has 106 valence electrons. The highest BCUT2D eigenvalue weighted by molar-refractivity contribution is 14.1. The summed E-state index contributed by atoms with van der Waals surface area (Å²) in [4.78, 5) is 4.03. The van der Waals surface area contributed by atoms with Gasteiger partial charge in [0.25, 0.3) is 0 Å². The molecule has 1 aromatic heterocycles. The Balaban J connectivity index is 2.05. The number of aromatic nitrogens is 1. The smallest absolute Gasteiger partial charge is 0.387 e. The zero-order valence-corrected chi connectivity index (χ0v) is 12.5. The number of benzene rings is 1. The quantitative estimate of drug-likeness (QED) is 0.767. The summed E-state index contributed by atoms with van der Waals surface area (Å²) in [6.07, 6.45) is 1.66. The number of rotatable bonds is 5. The van der Waals surface area contributed by atoms with Gasteiger partial charge in [0, 0.05) is 16.3 Å². The number of hydrogen-bond donors (Lipinski definition) is 2. The largest absolute Gasteiger partial charge is 0.435 e. The average molecular weight is 391 g/mol. The molecule has 0 bridgehead atoms. The van der Waals surface area contributed by atoms with Crippen LogP contribution in [-0.2, 0) is 6.54 Å². The molecule has 1 aromatic carbocycles. The minimum absolute atomic E-state index is 0.132. The number of nitrogens with zero attached hydrogens (tertiary/aromatic N) is 1. The number of nitrogens with one attached hydrogen (secondary N) is 1. The molecule has 0 atom stereocenters. The highest BCUT2D eigenvalue weighted by atomic mass is 127. The molecule has 0 saturated heterocycles. The standard InChI is InChI=1S/C13H12F2IN3O/c14-13(15)20-10-3-1-2-8(4-10)6-18-11-5-9(16)7-19-12(11)17/h1-5,7,13,18H,6H2,(H2,17,19). The Morgan fingerprint density at radius 2 is 2.15 bits per heavy atom. The molecule has 0 unspecified atom stereocenters. The number of anilines is 2. The first-order chi connectivity index (χ1) is 9.54. The molecule has 0 aliphatic carbocycles. The molecule has 0 amide bonds. The van der Waals surface area contributed by atoms with E-state index >= 15 is 0 Å². The van der Waals surface area contributed by atoms with E-state index in [4.69, 9.17) is 5.73 Å². The third-order valence-corrected chi connectivity index (χ3v) is 3.08. The van der Waals surface area contributed by atoms with Crippen LogP contribution in [0.3, 0.4) is 0 Å². The lowest BCUT2D eigenvalue weighted by Gasteiger charge is -2.10. The van der Waals surface area contributed by atoms with E-state index in [0.29, 0.717) is 18.1 Å². The Labute approximate surface area is 128 Å². The molecule has 0 aliphatic heterocycles. The van der Waals surface area contributed by atoms with Crippen LogP contribution in [0.4, 0.5) is 20.3 Å². The summed E-state index contributed by atoms with van der Waals surface area (Å²) >= 11 is 2.13. The number of nitrogen functional groups attached to an aromatic ring is 1. The number of hydrogen-bond acceptors (Lipinski definition) is 4. The van der Waals surface area contributed by atoms with Gasteiger partial charge in [0.1, 0.15) is 11.6 Å². The number of halogens is 3. The summed E-state index contributed by atoms with van der Waals surface area (Å²) in [7, 11) is 0. The van der Waals surface area contributed by atoms with Crippen molar-refractivity contribution < 1.29 is 13.5 Å². The molecule has 1 heterocycles. The van der Waals surface area contributed by atoms with Crippen LogP contribution >= 0.6 is 22.6 Å². The van der Waals surface area contributed by atoms with Crippen LogP contribution in [0.25, 0.3) is 0 Å². The first-order valence-electron chi connectivity index (χ1n) is 5.73. The number of pyridine rings is 1. The summed E-state index contributed by atoms with van der Waals surface area (Å²) in [5.41, 5.74) is 7.26. The first kappa shape index (κ1) is 14.8. The Bertz CT molecular complexity index is 596. The Hall–Kier alpha value is -1.64. The lowest BCUT2D eigenvalue weighted by atomic mass is 10.2. The van der Waals surface area contributed by atoms with Gasteiger partial charge in [-0.2, -0.15) is 8.78 Å². The summed E-state index contributed by atoms with van der Waals surface area (Å²) in [6.45, 7) is -2.39. The van der Waals surface area contributed by atoms with Gasteiger partial charge in [0.2, 0.25) is 0 Å². The predicted molar refractivity (Wildman–Crippen MR) is 81.8 cm³/mol. The van der Waals surface area contributed by atoms with E-state index in [-0.39, 0.29) is 5.75 Å². The fraction of sp³-hybridized carbons (Fsp3) is 0.154. The Morgan fingerprint density at radius 3 is 2.90 bits per heavy atom. The molecule has 4 nitrogen and oxygen atoms in total. The van der Waals surface area contributed by atoms with E-state index in [1.54, 1.807) is 18.3 Å². The normalized spacial score (nSPS) is 10.6. The van der Waals surface area contributed by atoms with Crippen molar-refractivity contribution >= 4 is 34.1 Å². The first-order valence-corrected chi connectivity index (χ1v) is 6.81. The van der Waals surface area contributed by atoms with Gasteiger partial charge in [0.15, 0.2) is 0 Å². The lowest BCUT2D eigenvalue weighted by molar-refractivity contribution is -0.0498. The molecular weight excluding hydrogens is 379 g/mol. The molecule has 0 saturated carbocycles. The average Bonchev–Trinajstić information content (AvgIpc) is 2.39. The van der Waals surface area contributed by atoms with Gasteiger partial charge in [-0.1, -0.05) is 12.1 Å². The van der Waals surface area contributed by atoms with Gasteiger partial charge in [-0.15, -0.1) is 0 Å². The van der Waals surface area contributed by atoms with E-state index < -0.39 is 6.61 Å². The second-order valence-electron chi connectivity index (χ2n) is 3.97. The van der Waals surface area contributed by atoms with Crippen LogP contribution in [0.5, 0.6) is 5.75 Å². The van der Waals surface area contributed by atoms with Crippen molar-refractivity contribution in [3.63, 3.8) is 0 Å². The zero-order valence-electron chi connectivity index (χ0n) is 10.3. The highest BCUT2D eigenvalue weighted by Crippen LogP contribution is 2.21. The highest BCUT2D eigenvalue weighted by Gasteiger charge is 2.05. The van der Waals surface area contributed by atoms with Crippen LogP contribution in [0.1, 0.15) is 5.56 Å². The van der Waals surface area contributed by atoms with E-state index in [1.165, 1.54) is 6.07 Å². The van der Waals surface area contributed by atoms with E-state index in [0.717, 1.165) is 9.13 Å². The van der Waals surface area contributed by atoms with Gasteiger partial charge in [-0.3, -0.25) is 0 Å². The van der Waals surface area contributed by atoms with Crippen molar-refractivity contribution in [2.75, 3.05) is 11.1 Å². The summed E-state index contributed by atoms with van der Waals surface area (Å²) < 4.78 is 29.6. The van der Waals surface area contributed by atoms with Crippen LogP contribution in [0.15, 0.2) is 36.5 Å². The van der Waals surface area contributed by atoms with Gasteiger partial charge in [-0.25, -0.2) is 4.98 Å². The summed E-state index contributed by atoms with van der Waals surface area (Å²) in [6, 6.07) is 8.37. The maximum absolute atomic E-state index is 12.1. The summed E-state index contributed by atoms with van der Waals surface area (Å²) in [5.74, 6) is 0.526. The molecule has 2 aromatic rings. The monoisotopic (exact) mass is 391 g/mol. The van der Waals surface area contributed by atoms with Crippen molar-refractivity contribution in [3.8, 4) is 5.75 Å². The molecule has 2 rings (SSSR count). The third kappa shape index (κ3) is 4.19. The summed E-state index contributed by atoms with van der Waals surface area (Å²) in [5, 5.41) is 3.12. The van der Waals surface area contributed by atoms with Gasteiger partial charge in [-0.05, 0) is 46.4 Å². The fourth-order valence-corrected chi connectivity index (χ4v) is 2.07. The Morgan fingerprint density at radius 1 is 1.35 bits per heavy atom. The van der Waals surface area contributed by atoms with Crippen LogP contribution in [0.2, 0.25) is 0 Å². The lowest BCUT2D eigenvalue weighted by Crippen LogP contribution is -2.05. The second-order valence-corrected chi connectivity index (χ2v) is 5.21. The van der Waals surface area contributed by atoms with Crippen molar-refractivity contribution in [2.24, 2.45) is 0 Å². The van der Waals surface area contributed by atoms with Crippen molar-refractivity contribution in [1.82, 2.24) is 4.98 Å². The number of alkyl halides is 2. The van der Waals surface area contributed by atoms with E-state index in [1.807, 2.05) is 12.1 Å². The number of ether oxygens (including phenoxy) is 1. The third-order valence-electron chi connectivity index (χ3n) is 2.49. The van der Waals surface area contributed by atoms with Gasteiger partial charge >= 0.3 is 6.61 Å². The molecule has 0 fully saturated rings. The molecule has 0 spiro atoms. The zero-order chi connectivity index (χ0) is 14.5. The van der Waals surface area contributed by atoms with E-state index in [2.05, 4.69) is 37.6 Å². The SMILES string of the molecule is Nc1ncc(I)cc1NCc1cccc(OC(F)F)c1. The second kappa shape index (κ2) is 6.69. The number of nitrogens with two attached hydrogens (primary N) is 1. The molecule has 0 aliphatic rings. The molecule has 0 radical (unpaired) electrons. The fourth-order valence-electron chi connectivity index (χ4n) is 1.62. The minimum Gasteiger partial charge on any atom is -0.435 e. The maximum atomic E-state index is 12.1. The minimum atomic E-state index is -2.83.